The average Bonchev–Trinajstić information content (AvgIpc) is 3.72. The van der Waals surface area contributed by atoms with Gasteiger partial charge >= 0.3 is 0 Å². The number of benzene rings is 3. The van der Waals surface area contributed by atoms with Gasteiger partial charge in [0.05, 0.1) is 16.7 Å². The number of aromatic nitrogens is 2. The molecule has 9 nitrogen and oxygen atoms in total. The molecular formula is C35H34N6O3. The van der Waals surface area contributed by atoms with Crippen LogP contribution in [0.25, 0.3) is 11.1 Å². The summed E-state index contributed by atoms with van der Waals surface area (Å²) in [5.74, 6) is -0.193. The molecule has 3 N–H and O–H groups in total. The fourth-order valence-corrected chi connectivity index (χ4v) is 6.43. The Balaban J connectivity index is 1.18. The van der Waals surface area contributed by atoms with E-state index in [0.717, 1.165) is 60.7 Å². The molecule has 44 heavy (non-hydrogen) atoms. The lowest BCUT2D eigenvalue weighted by atomic mass is 9.94. The van der Waals surface area contributed by atoms with Gasteiger partial charge in [-0.2, -0.15) is 0 Å². The largest absolute Gasteiger partial charge is 0.382 e. The lowest BCUT2D eigenvalue weighted by Gasteiger charge is -2.32. The molecule has 0 atom stereocenters. The van der Waals surface area contributed by atoms with Gasteiger partial charge in [0.25, 0.3) is 17.7 Å². The van der Waals surface area contributed by atoms with Crippen molar-refractivity contribution in [3.63, 3.8) is 0 Å². The first-order valence-corrected chi connectivity index (χ1v) is 15.2. The summed E-state index contributed by atoms with van der Waals surface area (Å²) in [6, 6.07) is 23.1. The van der Waals surface area contributed by atoms with Crippen LogP contribution in [0.15, 0.2) is 79.0 Å². The highest BCUT2D eigenvalue weighted by Gasteiger charge is 2.35. The van der Waals surface area contributed by atoms with Gasteiger partial charge in [-0.05, 0) is 55.3 Å². The maximum absolute atomic E-state index is 13.6. The van der Waals surface area contributed by atoms with Crippen LogP contribution < -0.4 is 10.6 Å². The van der Waals surface area contributed by atoms with E-state index in [4.69, 9.17) is 4.98 Å². The summed E-state index contributed by atoms with van der Waals surface area (Å²) in [5, 5.41) is 6.74. The number of H-pyrrole nitrogens is 1. The first-order chi connectivity index (χ1) is 21.5. The first-order valence-electron chi connectivity index (χ1n) is 15.2. The molecule has 4 aromatic rings. The molecule has 0 radical (unpaired) electrons. The zero-order valence-corrected chi connectivity index (χ0v) is 24.6. The van der Waals surface area contributed by atoms with Gasteiger partial charge in [-0.15, -0.1) is 0 Å². The Morgan fingerprint density at radius 1 is 0.909 bits per heavy atom. The predicted octanol–water partition coefficient (Wildman–Crippen LogP) is 5.06. The van der Waals surface area contributed by atoms with Crippen molar-refractivity contribution >= 4 is 40.2 Å². The molecule has 3 aromatic carbocycles. The van der Waals surface area contributed by atoms with Crippen molar-refractivity contribution in [2.45, 2.75) is 32.2 Å². The van der Waals surface area contributed by atoms with Gasteiger partial charge in [0.15, 0.2) is 0 Å². The summed E-state index contributed by atoms with van der Waals surface area (Å²) >= 11 is 0. The van der Waals surface area contributed by atoms with Crippen LogP contribution in [-0.4, -0.2) is 69.7 Å². The van der Waals surface area contributed by atoms with Gasteiger partial charge in [0.2, 0.25) is 0 Å². The maximum Gasteiger partial charge on any atom is 0.261 e. The number of fused-ring (bicyclic) bond motifs is 2. The van der Waals surface area contributed by atoms with Crippen LogP contribution in [0.4, 0.5) is 11.4 Å². The fourth-order valence-electron chi connectivity index (χ4n) is 6.43. The van der Waals surface area contributed by atoms with Crippen LogP contribution in [0.3, 0.4) is 0 Å². The summed E-state index contributed by atoms with van der Waals surface area (Å²) in [4.78, 5) is 51.1. The average molecular weight is 587 g/mol. The molecule has 4 heterocycles. The van der Waals surface area contributed by atoms with Crippen LogP contribution in [-0.2, 0) is 11.2 Å². The van der Waals surface area contributed by atoms with Gasteiger partial charge in [-0.1, -0.05) is 49.4 Å². The zero-order chi connectivity index (χ0) is 30.2. The van der Waals surface area contributed by atoms with Crippen LogP contribution in [0.2, 0.25) is 0 Å². The van der Waals surface area contributed by atoms with Crippen molar-refractivity contribution < 1.29 is 14.4 Å². The number of imide groups is 1. The van der Waals surface area contributed by atoms with E-state index in [0.29, 0.717) is 40.6 Å². The van der Waals surface area contributed by atoms with Crippen molar-refractivity contribution in [3.8, 4) is 0 Å². The molecule has 1 aromatic heterocycles. The molecule has 9 heteroatoms. The van der Waals surface area contributed by atoms with Crippen molar-refractivity contribution in [1.82, 2.24) is 19.8 Å². The van der Waals surface area contributed by atoms with Crippen molar-refractivity contribution in [1.29, 1.82) is 0 Å². The molecule has 3 amide bonds. The molecule has 1 fully saturated rings. The SMILES string of the molecule is CCN1CCC(Nc2ccc3c(c2)/C(=C(\c2ccccc2)c2ncc(CCN4C(=O)c5ccccc5C4=O)[nH]2)C(=O)N3)CC1. The second kappa shape index (κ2) is 11.6. The van der Waals surface area contributed by atoms with E-state index in [1.54, 1.807) is 30.5 Å². The number of likely N-dealkylation sites (tertiary alicyclic amines) is 1. The Bertz CT molecular complexity index is 1750. The molecule has 0 unspecified atom stereocenters. The van der Waals surface area contributed by atoms with Crippen molar-refractivity contribution in [2.24, 2.45) is 0 Å². The summed E-state index contributed by atoms with van der Waals surface area (Å²) in [6.45, 7) is 5.66. The van der Waals surface area contributed by atoms with Crippen LogP contribution in [0.5, 0.6) is 0 Å². The minimum atomic E-state index is -0.281. The predicted molar refractivity (Wildman–Crippen MR) is 170 cm³/mol. The third kappa shape index (κ3) is 5.09. The number of hydrogen-bond donors (Lipinski definition) is 3. The number of piperidine rings is 1. The van der Waals surface area contributed by atoms with Gasteiger partial charge in [-0.25, -0.2) is 4.98 Å². The van der Waals surface area contributed by atoms with Gasteiger partial charge in [-0.3, -0.25) is 19.3 Å². The molecule has 0 aliphatic carbocycles. The summed E-state index contributed by atoms with van der Waals surface area (Å²) < 4.78 is 0. The molecule has 3 aliphatic rings. The first kappa shape index (κ1) is 27.8. The molecular weight excluding hydrogens is 552 g/mol. The topological polar surface area (TPSA) is 110 Å². The maximum atomic E-state index is 13.6. The van der Waals surface area contributed by atoms with E-state index in [1.807, 2.05) is 42.5 Å². The van der Waals surface area contributed by atoms with E-state index in [2.05, 4.69) is 33.5 Å². The zero-order valence-electron chi connectivity index (χ0n) is 24.6. The van der Waals surface area contributed by atoms with Gasteiger partial charge < -0.3 is 20.5 Å². The Morgan fingerprint density at radius 2 is 1.61 bits per heavy atom. The number of hydrogen-bond acceptors (Lipinski definition) is 6. The number of anilines is 2. The molecule has 0 spiro atoms. The quantitative estimate of drug-likeness (QED) is 0.197. The normalized spacial score (nSPS) is 17.9. The third-order valence-electron chi connectivity index (χ3n) is 8.83. The summed E-state index contributed by atoms with van der Waals surface area (Å²) in [5.41, 5.74) is 6.32. The smallest absolute Gasteiger partial charge is 0.261 e. The third-order valence-corrected chi connectivity index (χ3v) is 8.83. The molecule has 1 saturated heterocycles. The summed E-state index contributed by atoms with van der Waals surface area (Å²) in [7, 11) is 0. The second-order valence-corrected chi connectivity index (χ2v) is 11.5. The number of nitrogens with zero attached hydrogens (tertiary/aromatic N) is 3. The lowest BCUT2D eigenvalue weighted by Crippen LogP contribution is -2.38. The standard InChI is InChI=1S/C35H34N6O3/c1-2-40-17-14-23(15-18-40)37-24-12-13-29-28(20-24)31(33(42)39-29)30(22-8-4-3-5-9-22)32-36-21-25(38-32)16-19-41-34(43)26-10-6-7-11-27(26)35(41)44/h3-13,20-21,23,37H,2,14-19H2,1H3,(H,36,38)(H,39,42)/b31-30-. The minimum Gasteiger partial charge on any atom is -0.382 e. The van der Waals surface area contributed by atoms with Crippen LogP contribution >= 0.6 is 0 Å². The number of rotatable bonds is 8. The Hall–Kier alpha value is -5.02. The number of aromatic amines is 1. The highest BCUT2D eigenvalue weighted by atomic mass is 16.2. The number of amides is 3. The Kier molecular flexibility index (Phi) is 7.31. The molecule has 0 saturated carbocycles. The monoisotopic (exact) mass is 586 g/mol. The summed E-state index contributed by atoms with van der Waals surface area (Å²) in [6.07, 6.45) is 4.28. The van der Waals surface area contributed by atoms with Crippen molar-refractivity contribution in [2.75, 3.05) is 36.8 Å². The number of imidazole rings is 1. The fraction of sp³-hybridized carbons (Fsp3) is 0.257. The molecule has 3 aliphatic heterocycles. The Morgan fingerprint density at radius 3 is 2.32 bits per heavy atom. The Labute approximate surface area is 256 Å². The van der Waals surface area contributed by atoms with Crippen molar-refractivity contribution in [3.05, 3.63) is 113 Å². The highest BCUT2D eigenvalue weighted by Crippen LogP contribution is 2.40. The number of carbonyl (C=O) groups is 3. The van der Waals surface area contributed by atoms with Crippen LogP contribution in [0.1, 0.15) is 63.1 Å². The van der Waals surface area contributed by atoms with E-state index >= 15 is 0 Å². The van der Waals surface area contributed by atoms with E-state index < -0.39 is 0 Å². The van der Waals surface area contributed by atoms with E-state index in [1.165, 1.54) is 4.90 Å². The van der Waals surface area contributed by atoms with E-state index in [-0.39, 0.29) is 24.3 Å². The second-order valence-electron chi connectivity index (χ2n) is 11.5. The molecule has 0 bridgehead atoms. The van der Waals surface area contributed by atoms with E-state index in [9.17, 15) is 14.4 Å². The number of nitrogens with one attached hydrogen (secondary N) is 3. The lowest BCUT2D eigenvalue weighted by molar-refractivity contribution is -0.110. The van der Waals surface area contributed by atoms with Gasteiger partial charge in [0, 0.05) is 66.5 Å². The van der Waals surface area contributed by atoms with Gasteiger partial charge in [0.1, 0.15) is 5.82 Å². The van der Waals surface area contributed by atoms with Crippen LogP contribution in [0, 0.1) is 0 Å². The molecule has 7 rings (SSSR count). The minimum absolute atomic E-state index is 0.184. The highest BCUT2D eigenvalue weighted by molar-refractivity contribution is 6.38. The molecule has 222 valence electrons. The number of carbonyl (C=O) groups excluding carboxylic acids is 3.